The molecule has 0 aromatic carbocycles. The van der Waals surface area contributed by atoms with Crippen molar-refractivity contribution < 1.29 is 14.2 Å². The highest BCUT2D eigenvalue weighted by Crippen LogP contribution is 2.27. The van der Waals surface area contributed by atoms with Crippen LogP contribution in [0.3, 0.4) is 0 Å². The molecule has 0 aliphatic heterocycles. The van der Waals surface area contributed by atoms with Gasteiger partial charge < -0.3 is 19.9 Å². The van der Waals surface area contributed by atoms with Gasteiger partial charge >= 0.3 is 0 Å². The number of nitrogen functional groups attached to an aromatic ring is 1. The molecule has 1 aromatic rings. The van der Waals surface area contributed by atoms with Crippen LogP contribution in [0.25, 0.3) is 0 Å². The SMILES string of the molecule is CCOCC(C)Oc1ncnc(OCC)c1N. The topological polar surface area (TPSA) is 79.5 Å². The van der Waals surface area contributed by atoms with E-state index in [0.29, 0.717) is 37.3 Å². The summed E-state index contributed by atoms with van der Waals surface area (Å²) in [6.45, 7) is 7.31. The predicted molar refractivity (Wildman–Crippen MR) is 64.2 cm³/mol. The maximum absolute atomic E-state index is 5.83. The highest BCUT2D eigenvalue weighted by Gasteiger charge is 2.13. The number of rotatable bonds is 7. The Balaban J connectivity index is 2.67. The molecule has 6 heteroatoms. The minimum Gasteiger partial charge on any atom is -0.476 e. The van der Waals surface area contributed by atoms with Crippen LogP contribution in [-0.4, -0.2) is 35.9 Å². The van der Waals surface area contributed by atoms with Crippen molar-refractivity contribution in [1.29, 1.82) is 0 Å². The molecule has 6 nitrogen and oxygen atoms in total. The van der Waals surface area contributed by atoms with Gasteiger partial charge in [-0.05, 0) is 20.8 Å². The lowest BCUT2D eigenvalue weighted by molar-refractivity contribution is 0.0635. The van der Waals surface area contributed by atoms with Crippen LogP contribution in [0, 0.1) is 0 Å². The highest BCUT2D eigenvalue weighted by molar-refractivity contribution is 5.55. The Bertz CT molecular complexity index is 347. The predicted octanol–water partition coefficient (Wildman–Crippen LogP) is 1.26. The van der Waals surface area contributed by atoms with Gasteiger partial charge in [0.25, 0.3) is 0 Å². The number of ether oxygens (including phenoxy) is 3. The molecule has 1 atom stereocenters. The van der Waals surface area contributed by atoms with Crippen molar-refractivity contribution in [3.8, 4) is 11.8 Å². The van der Waals surface area contributed by atoms with Crippen LogP contribution in [0.2, 0.25) is 0 Å². The van der Waals surface area contributed by atoms with Crippen molar-refractivity contribution in [1.82, 2.24) is 9.97 Å². The summed E-state index contributed by atoms with van der Waals surface area (Å²) in [6.07, 6.45) is 1.24. The van der Waals surface area contributed by atoms with Crippen LogP contribution in [0.1, 0.15) is 20.8 Å². The largest absolute Gasteiger partial charge is 0.476 e. The second-order valence-electron chi connectivity index (χ2n) is 3.42. The van der Waals surface area contributed by atoms with Crippen molar-refractivity contribution in [3.05, 3.63) is 6.33 Å². The van der Waals surface area contributed by atoms with Crippen molar-refractivity contribution >= 4 is 5.69 Å². The first-order valence-corrected chi connectivity index (χ1v) is 5.66. The fraction of sp³-hybridized carbons (Fsp3) is 0.636. The van der Waals surface area contributed by atoms with Gasteiger partial charge in [0.2, 0.25) is 11.8 Å². The Morgan fingerprint density at radius 1 is 1.24 bits per heavy atom. The lowest BCUT2D eigenvalue weighted by Gasteiger charge is -2.15. The van der Waals surface area contributed by atoms with E-state index >= 15 is 0 Å². The summed E-state index contributed by atoms with van der Waals surface area (Å²) in [5.74, 6) is 0.678. The first-order chi connectivity index (χ1) is 8.19. The third kappa shape index (κ3) is 4.07. The van der Waals surface area contributed by atoms with Crippen LogP contribution in [0.5, 0.6) is 11.8 Å². The Labute approximate surface area is 101 Å². The van der Waals surface area contributed by atoms with E-state index in [4.69, 9.17) is 19.9 Å². The van der Waals surface area contributed by atoms with Gasteiger partial charge in [-0.3, -0.25) is 0 Å². The van der Waals surface area contributed by atoms with E-state index in [1.807, 2.05) is 20.8 Å². The Morgan fingerprint density at radius 2 is 1.94 bits per heavy atom. The number of nitrogens with two attached hydrogens (primary N) is 1. The quantitative estimate of drug-likeness (QED) is 0.774. The lowest BCUT2D eigenvalue weighted by atomic mass is 10.4. The summed E-state index contributed by atoms with van der Waals surface area (Å²) < 4.78 is 16.1. The number of aromatic nitrogens is 2. The normalized spacial score (nSPS) is 12.2. The van der Waals surface area contributed by atoms with Crippen molar-refractivity contribution in [3.63, 3.8) is 0 Å². The molecule has 1 rings (SSSR count). The molecule has 0 saturated carbocycles. The molecule has 0 spiro atoms. The summed E-state index contributed by atoms with van der Waals surface area (Å²) in [5, 5.41) is 0. The average molecular weight is 241 g/mol. The number of hydrogen-bond donors (Lipinski definition) is 1. The maximum atomic E-state index is 5.83. The summed E-state index contributed by atoms with van der Waals surface area (Å²) in [5.41, 5.74) is 6.15. The zero-order chi connectivity index (χ0) is 12.7. The van der Waals surface area contributed by atoms with Crippen molar-refractivity contribution in [2.75, 3.05) is 25.6 Å². The number of hydrogen-bond acceptors (Lipinski definition) is 6. The molecule has 96 valence electrons. The number of anilines is 1. The summed E-state index contributed by atoms with van der Waals surface area (Å²) in [4.78, 5) is 7.90. The Hall–Kier alpha value is -1.56. The zero-order valence-electron chi connectivity index (χ0n) is 10.5. The first-order valence-electron chi connectivity index (χ1n) is 5.66. The molecule has 0 aliphatic rings. The van der Waals surface area contributed by atoms with Gasteiger partial charge in [-0.15, -0.1) is 0 Å². The molecule has 0 bridgehead atoms. The van der Waals surface area contributed by atoms with Gasteiger partial charge in [0, 0.05) is 6.61 Å². The van der Waals surface area contributed by atoms with Crippen LogP contribution >= 0.6 is 0 Å². The molecule has 2 N–H and O–H groups in total. The van der Waals surface area contributed by atoms with Crippen LogP contribution in [0.15, 0.2) is 6.33 Å². The standard InChI is InChI=1S/C11H19N3O3/c1-4-15-6-8(3)17-11-9(12)10(16-5-2)13-7-14-11/h7-8H,4-6,12H2,1-3H3. The average Bonchev–Trinajstić information content (AvgIpc) is 2.32. The molecule has 0 radical (unpaired) electrons. The van der Waals surface area contributed by atoms with Crippen LogP contribution in [0.4, 0.5) is 5.69 Å². The monoisotopic (exact) mass is 241 g/mol. The van der Waals surface area contributed by atoms with E-state index in [1.54, 1.807) is 0 Å². The van der Waals surface area contributed by atoms with Gasteiger partial charge in [0.05, 0.1) is 13.2 Å². The van der Waals surface area contributed by atoms with E-state index in [0.717, 1.165) is 0 Å². The summed E-state index contributed by atoms with van der Waals surface area (Å²) in [6, 6.07) is 0. The van der Waals surface area contributed by atoms with E-state index in [1.165, 1.54) is 6.33 Å². The van der Waals surface area contributed by atoms with Crippen LogP contribution < -0.4 is 15.2 Å². The van der Waals surface area contributed by atoms with E-state index in [2.05, 4.69) is 9.97 Å². The molecule has 0 aliphatic carbocycles. The van der Waals surface area contributed by atoms with Gasteiger partial charge in [-0.2, -0.15) is 9.97 Å². The van der Waals surface area contributed by atoms with Gasteiger partial charge in [0.15, 0.2) is 5.69 Å². The fourth-order valence-corrected chi connectivity index (χ4v) is 1.22. The van der Waals surface area contributed by atoms with Gasteiger partial charge in [-0.25, -0.2) is 0 Å². The summed E-state index contributed by atoms with van der Waals surface area (Å²) in [7, 11) is 0. The molecule has 1 heterocycles. The Kier molecular flexibility index (Phi) is 5.48. The molecule has 0 saturated heterocycles. The minimum absolute atomic E-state index is 0.123. The summed E-state index contributed by atoms with van der Waals surface area (Å²) >= 11 is 0. The highest BCUT2D eigenvalue weighted by atomic mass is 16.5. The third-order valence-corrected chi connectivity index (χ3v) is 1.96. The first kappa shape index (κ1) is 13.5. The molecular weight excluding hydrogens is 222 g/mol. The van der Waals surface area contributed by atoms with Gasteiger partial charge in [-0.1, -0.05) is 0 Å². The maximum Gasteiger partial charge on any atom is 0.244 e. The zero-order valence-corrected chi connectivity index (χ0v) is 10.5. The van der Waals surface area contributed by atoms with E-state index < -0.39 is 0 Å². The van der Waals surface area contributed by atoms with E-state index in [9.17, 15) is 0 Å². The lowest BCUT2D eigenvalue weighted by Crippen LogP contribution is -2.20. The molecule has 17 heavy (non-hydrogen) atoms. The second kappa shape index (κ2) is 6.90. The molecule has 1 unspecified atom stereocenters. The molecule has 1 aromatic heterocycles. The van der Waals surface area contributed by atoms with Crippen LogP contribution in [-0.2, 0) is 4.74 Å². The van der Waals surface area contributed by atoms with Gasteiger partial charge in [0.1, 0.15) is 12.4 Å². The third-order valence-electron chi connectivity index (χ3n) is 1.96. The molecular formula is C11H19N3O3. The fourth-order valence-electron chi connectivity index (χ4n) is 1.22. The molecule has 0 amide bonds. The Morgan fingerprint density at radius 3 is 2.59 bits per heavy atom. The second-order valence-corrected chi connectivity index (χ2v) is 3.42. The minimum atomic E-state index is -0.123. The van der Waals surface area contributed by atoms with Crippen molar-refractivity contribution in [2.45, 2.75) is 26.9 Å². The number of nitrogens with zero attached hydrogens (tertiary/aromatic N) is 2. The smallest absolute Gasteiger partial charge is 0.244 e. The molecule has 0 fully saturated rings. The van der Waals surface area contributed by atoms with Crippen molar-refractivity contribution in [2.24, 2.45) is 0 Å². The van der Waals surface area contributed by atoms with E-state index in [-0.39, 0.29) is 6.10 Å².